The lowest BCUT2D eigenvalue weighted by Gasteiger charge is -2.06. The Balaban J connectivity index is 1.75. The minimum absolute atomic E-state index is 0.0605. The van der Waals surface area contributed by atoms with Crippen molar-refractivity contribution in [2.24, 2.45) is 0 Å². The Morgan fingerprint density at radius 3 is 2.52 bits per heavy atom. The fraction of sp³-hybridized carbons (Fsp3) is 0.0714. The molecule has 0 radical (unpaired) electrons. The van der Waals surface area contributed by atoms with Crippen LogP contribution in [-0.2, 0) is 0 Å². The first-order valence-electron chi connectivity index (χ1n) is 6.09. The fourth-order valence-corrected chi connectivity index (χ4v) is 1.91. The van der Waals surface area contributed by atoms with Crippen molar-refractivity contribution >= 4 is 17.3 Å². The number of ether oxygens (including phenoxy) is 2. The van der Waals surface area contributed by atoms with Crippen molar-refractivity contribution in [2.45, 2.75) is 0 Å². The molecule has 21 heavy (non-hydrogen) atoms. The Morgan fingerprint density at radius 2 is 1.81 bits per heavy atom. The molecule has 0 saturated carbocycles. The van der Waals surface area contributed by atoms with Gasteiger partial charge < -0.3 is 14.8 Å². The zero-order chi connectivity index (χ0) is 14.8. The largest absolute Gasteiger partial charge is 0.454 e. The van der Waals surface area contributed by atoms with Gasteiger partial charge in [0.1, 0.15) is 0 Å². The monoisotopic (exact) mass is 286 g/mol. The number of fused-ring (bicyclic) bond motifs is 1. The summed E-state index contributed by atoms with van der Waals surface area (Å²) in [6, 6.07) is 10.4. The standard InChI is InChI=1S/C14H10N2O5/c17-14(9-1-4-11(5-2-9)16(18)19)15-10-3-6-12-13(7-10)21-8-20-12/h1-7H,8H2,(H,15,17). The highest BCUT2D eigenvalue weighted by Crippen LogP contribution is 2.34. The quantitative estimate of drug-likeness (QED) is 0.691. The zero-order valence-electron chi connectivity index (χ0n) is 10.7. The van der Waals surface area contributed by atoms with Crippen LogP contribution in [0.25, 0.3) is 0 Å². The van der Waals surface area contributed by atoms with Crippen molar-refractivity contribution in [2.75, 3.05) is 12.1 Å². The molecule has 2 aromatic carbocycles. The summed E-state index contributed by atoms with van der Waals surface area (Å²) in [5.41, 5.74) is 0.829. The highest BCUT2D eigenvalue weighted by molar-refractivity contribution is 6.04. The number of nitrogens with zero attached hydrogens (tertiary/aromatic N) is 1. The molecule has 1 aliphatic heterocycles. The molecule has 0 saturated heterocycles. The molecule has 7 nitrogen and oxygen atoms in total. The van der Waals surface area contributed by atoms with Crippen LogP contribution in [0, 0.1) is 10.1 Å². The van der Waals surface area contributed by atoms with Crippen molar-refractivity contribution in [3.63, 3.8) is 0 Å². The molecule has 0 spiro atoms. The van der Waals surface area contributed by atoms with E-state index >= 15 is 0 Å². The second kappa shape index (κ2) is 5.12. The lowest BCUT2D eigenvalue weighted by Crippen LogP contribution is -2.11. The van der Waals surface area contributed by atoms with E-state index in [1.807, 2.05) is 0 Å². The highest BCUT2D eigenvalue weighted by atomic mass is 16.7. The molecule has 0 atom stereocenters. The van der Waals surface area contributed by atoms with E-state index in [9.17, 15) is 14.9 Å². The molecule has 3 rings (SSSR count). The van der Waals surface area contributed by atoms with Gasteiger partial charge in [0, 0.05) is 29.4 Å². The lowest BCUT2D eigenvalue weighted by atomic mass is 10.2. The molecule has 0 fully saturated rings. The molecule has 0 unspecified atom stereocenters. The van der Waals surface area contributed by atoms with Crippen LogP contribution in [0.4, 0.5) is 11.4 Å². The van der Waals surface area contributed by atoms with Crippen molar-refractivity contribution in [3.8, 4) is 11.5 Å². The average molecular weight is 286 g/mol. The topological polar surface area (TPSA) is 90.7 Å². The Bertz CT molecular complexity index is 712. The van der Waals surface area contributed by atoms with Gasteiger partial charge in [-0.1, -0.05) is 0 Å². The van der Waals surface area contributed by atoms with Crippen molar-refractivity contribution in [1.29, 1.82) is 0 Å². The average Bonchev–Trinajstić information content (AvgIpc) is 2.95. The molecule has 2 aromatic rings. The molecule has 0 aromatic heterocycles. The number of benzene rings is 2. The summed E-state index contributed by atoms with van der Waals surface area (Å²) in [6.07, 6.45) is 0. The smallest absolute Gasteiger partial charge is 0.269 e. The van der Waals surface area contributed by atoms with Crippen LogP contribution in [0.3, 0.4) is 0 Å². The molecule has 0 aliphatic carbocycles. The zero-order valence-corrected chi connectivity index (χ0v) is 10.7. The van der Waals surface area contributed by atoms with Gasteiger partial charge in [-0.2, -0.15) is 0 Å². The van der Waals surface area contributed by atoms with Gasteiger partial charge in [0.25, 0.3) is 11.6 Å². The summed E-state index contributed by atoms with van der Waals surface area (Å²) >= 11 is 0. The predicted molar refractivity (Wildman–Crippen MR) is 73.6 cm³/mol. The van der Waals surface area contributed by atoms with Crippen LogP contribution in [0.15, 0.2) is 42.5 Å². The summed E-state index contributed by atoms with van der Waals surface area (Å²) in [7, 11) is 0. The predicted octanol–water partition coefficient (Wildman–Crippen LogP) is 2.58. The van der Waals surface area contributed by atoms with Gasteiger partial charge in [-0.05, 0) is 24.3 Å². The molecule has 1 aliphatic rings. The van der Waals surface area contributed by atoms with Gasteiger partial charge >= 0.3 is 0 Å². The Morgan fingerprint density at radius 1 is 1.10 bits per heavy atom. The van der Waals surface area contributed by atoms with E-state index in [4.69, 9.17) is 9.47 Å². The number of anilines is 1. The number of carbonyl (C=O) groups is 1. The molecule has 1 heterocycles. The van der Waals surface area contributed by atoms with Gasteiger partial charge in [-0.25, -0.2) is 0 Å². The molecule has 7 heteroatoms. The molecule has 1 N–H and O–H groups in total. The van der Waals surface area contributed by atoms with Crippen LogP contribution in [-0.4, -0.2) is 17.6 Å². The Hall–Kier alpha value is -3.09. The maximum Gasteiger partial charge on any atom is 0.269 e. The number of amides is 1. The number of hydrogen-bond donors (Lipinski definition) is 1. The highest BCUT2D eigenvalue weighted by Gasteiger charge is 2.15. The number of rotatable bonds is 3. The number of hydrogen-bond acceptors (Lipinski definition) is 5. The first-order chi connectivity index (χ1) is 10.1. The van der Waals surface area contributed by atoms with Crippen LogP contribution in [0.1, 0.15) is 10.4 Å². The number of carbonyl (C=O) groups excluding carboxylic acids is 1. The third-order valence-corrected chi connectivity index (χ3v) is 2.97. The molecule has 1 amide bonds. The van der Waals surface area contributed by atoms with Crippen LogP contribution in [0.2, 0.25) is 0 Å². The summed E-state index contributed by atoms with van der Waals surface area (Å²) in [5.74, 6) is 0.837. The Kier molecular flexibility index (Phi) is 3.15. The minimum atomic E-state index is -0.514. The fourth-order valence-electron chi connectivity index (χ4n) is 1.91. The van der Waals surface area contributed by atoms with E-state index in [2.05, 4.69) is 5.32 Å². The van der Waals surface area contributed by atoms with Gasteiger partial charge in [0.05, 0.1) is 4.92 Å². The number of nitrogens with one attached hydrogen (secondary N) is 1. The summed E-state index contributed by atoms with van der Waals surface area (Å²) in [5, 5.41) is 13.3. The molecule has 0 bridgehead atoms. The van der Waals surface area contributed by atoms with E-state index < -0.39 is 4.92 Å². The second-order valence-corrected chi connectivity index (χ2v) is 4.33. The third kappa shape index (κ3) is 2.62. The summed E-state index contributed by atoms with van der Waals surface area (Å²) in [4.78, 5) is 22.1. The summed E-state index contributed by atoms with van der Waals surface area (Å²) < 4.78 is 10.4. The second-order valence-electron chi connectivity index (χ2n) is 4.33. The van der Waals surface area contributed by atoms with Gasteiger partial charge in [-0.15, -0.1) is 0 Å². The van der Waals surface area contributed by atoms with Gasteiger partial charge in [-0.3, -0.25) is 14.9 Å². The first-order valence-corrected chi connectivity index (χ1v) is 6.09. The molecule has 106 valence electrons. The summed E-state index contributed by atoms with van der Waals surface area (Å²) in [6.45, 7) is 0.162. The van der Waals surface area contributed by atoms with Crippen LogP contribution in [0.5, 0.6) is 11.5 Å². The van der Waals surface area contributed by atoms with Crippen molar-refractivity contribution in [1.82, 2.24) is 0 Å². The Labute approximate surface area is 119 Å². The van der Waals surface area contributed by atoms with E-state index in [1.165, 1.54) is 24.3 Å². The van der Waals surface area contributed by atoms with E-state index in [0.717, 1.165) is 0 Å². The van der Waals surface area contributed by atoms with Crippen LogP contribution >= 0.6 is 0 Å². The van der Waals surface area contributed by atoms with Crippen LogP contribution < -0.4 is 14.8 Å². The van der Waals surface area contributed by atoms with E-state index in [0.29, 0.717) is 22.7 Å². The number of non-ortho nitro benzene ring substituents is 1. The van der Waals surface area contributed by atoms with Crippen molar-refractivity contribution < 1.29 is 19.2 Å². The minimum Gasteiger partial charge on any atom is -0.454 e. The molecular weight excluding hydrogens is 276 g/mol. The molecular formula is C14H10N2O5. The SMILES string of the molecule is O=C(Nc1ccc2c(c1)OCO2)c1ccc([N+](=O)[O-])cc1. The number of nitro groups is 1. The maximum absolute atomic E-state index is 12.0. The first kappa shape index (κ1) is 12.9. The third-order valence-electron chi connectivity index (χ3n) is 2.97. The van der Waals surface area contributed by atoms with Gasteiger partial charge in [0.15, 0.2) is 11.5 Å². The number of nitro benzene ring substituents is 1. The van der Waals surface area contributed by atoms with Crippen molar-refractivity contribution in [3.05, 3.63) is 58.1 Å². The van der Waals surface area contributed by atoms with E-state index in [1.54, 1.807) is 18.2 Å². The van der Waals surface area contributed by atoms with E-state index in [-0.39, 0.29) is 18.4 Å². The maximum atomic E-state index is 12.0. The lowest BCUT2D eigenvalue weighted by molar-refractivity contribution is -0.384. The van der Waals surface area contributed by atoms with Gasteiger partial charge in [0.2, 0.25) is 6.79 Å². The normalized spacial score (nSPS) is 12.0.